The molecule has 0 aromatic rings. The molecule has 0 aromatic heterocycles. The van der Waals surface area contributed by atoms with Gasteiger partial charge in [-0.05, 0) is 19.4 Å². The van der Waals surface area contributed by atoms with Crippen LogP contribution in [0.2, 0.25) is 0 Å². The summed E-state index contributed by atoms with van der Waals surface area (Å²) >= 11 is 0. The van der Waals surface area contributed by atoms with E-state index in [9.17, 15) is 4.79 Å². The molecule has 3 nitrogen and oxygen atoms in total. The monoisotopic (exact) mass is 233 g/mol. The van der Waals surface area contributed by atoms with Crippen LogP contribution in [0.4, 0.5) is 0 Å². The van der Waals surface area contributed by atoms with Gasteiger partial charge in [-0.2, -0.15) is 0 Å². The van der Waals surface area contributed by atoms with Gasteiger partial charge in [-0.1, -0.05) is 0 Å². The summed E-state index contributed by atoms with van der Waals surface area (Å²) in [5, 5.41) is 11.2. The predicted molar refractivity (Wildman–Crippen MR) is 31.9 cm³/mol. The molecule has 1 atom stereocenters. The number of carboxylic acid groups (broad SMARTS) is 1. The van der Waals surface area contributed by atoms with Gasteiger partial charge >= 0.3 is 5.97 Å². The fourth-order valence-corrected chi connectivity index (χ4v) is 0.895. The van der Waals surface area contributed by atoms with Gasteiger partial charge in [0.1, 0.15) is 6.04 Å². The Morgan fingerprint density at radius 1 is 1.60 bits per heavy atom. The summed E-state index contributed by atoms with van der Waals surface area (Å²) in [7, 11) is 0. The van der Waals surface area contributed by atoms with Gasteiger partial charge in [0, 0.05) is 27.8 Å². The predicted octanol–water partition coefficient (Wildman–Crippen LogP) is -0.0982. The standard InChI is InChI=1S/C5H9NO2.C.Pd/c7-5(8)4-2-1-3-6-4;;/h4,6H,1-3H2,(H,7,8);;/t4-;;/m0../s1. The van der Waals surface area contributed by atoms with E-state index in [4.69, 9.17) is 5.11 Å². The number of rotatable bonds is 1. The molecule has 4 heteroatoms. The van der Waals surface area contributed by atoms with Gasteiger partial charge in [-0.15, -0.1) is 0 Å². The van der Waals surface area contributed by atoms with E-state index in [2.05, 4.69) is 5.32 Å². The van der Waals surface area contributed by atoms with Gasteiger partial charge < -0.3 is 10.4 Å². The minimum absolute atomic E-state index is 0. The van der Waals surface area contributed by atoms with E-state index in [1.807, 2.05) is 0 Å². The molecule has 0 amide bonds. The van der Waals surface area contributed by atoms with Crippen LogP contribution >= 0.6 is 0 Å². The second-order valence-electron chi connectivity index (χ2n) is 1.99. The van der Waals surface area contributed by atoms with Crippen LogP contribution < -0.4 is 5.32 Å². The van der Waals surface area contributed by atoms with E-state index in [0.717, 1.165) is 19.4 Å². The molecule has 2 N–H and O–H groups in total. The van der Waals surface area contributed by atoms with E-state index in [1.54, 1.807) is 0 Å². The Labute approximate surface area is 74.8 Å². The molecule has 0 aliphatic carbocycles. The molecule has 0 saturated carbocycles. The smallest absolute Gasteiger partial charge is 0.320 e. The zero-order valence-electron chi connectivity index (χ0n) is 5.37. The van der Waals surface area contributed by atoms with E-state index in [0.29, 0.717) is 0 Å². The second kappa shape index (κ2) is 5.85. The van der Waals surface area contributed by atoms with Gasteiger partial charge in [0.25, 0.3) is 0 Å². The molecule has 60 valence electrons. The fraction of sp³-hybridized carbons (Fsp3) is 0.667. The second-order valence-corrected chi connectivity index (χ2v) is 1.99. The van der Waals surface area contributed by atoms with Crippen molar-refractivity contribution in [3.05, 3.63) is 7.43 Å². The van der Waals surface area contributed by atoms with Crippen molar-refractivity contribution in [2.45, 2.75) is 18.9 Å². The van der Waals surface area contributed by atoms with Crippen LogP contribution in [0.25, 0.3) is 0 Å². The molecule has 10 heavy (non-hydrogen) atoms. The Morgan fingerprint density at radius 3 is 2.40 bits per heavy atom. The topological polar surface area (TPSA) is 49.3 Å². The molecular formula is C6H9NO2Pd. The summed E-state index contributed by atoms with van der Waals surface area (Å²) in [6.07, 6.45) is 1.78. The normalized spacial score (nSPS) is 22.6. The molecule has 1 saturated heterocycles. The van der Waals surface area contributed by atoms with Crippen LogP contribution in [0.15, 0.2) is 0 Å². The maximum atomic E-state index is 10.1. The summed E-state index contributed by atoms with van der Waals surface area (Å²) in [5.41, 5.74) is 0. The Kier molecular flexibility index (Phi) is 7.45. The summed E-state index contributed by atoms with van der Waals surface area (Å²) in [4.78, 5) is 10.1. The first-order valence-corrected chi connectivity index (χ1v) is 2.77. The quantitative estimate of drug-likeness (QED) is 0.622. The minimum Gasteiger partial charge on any atom is -0.480 e. The zero-order chi connectivity index (χ0) is 5.98. The van der Waals surface area contributed by atoms with Crippen molar-refractivity contribution in [1.29, 1.82) is 0 Å². The van der Waals surface area contributed by atoms with Crippen LogP contribution in [-0.4, -0.2) is 23.7 Å². The molecule has 4 radical (unpaired) electrons. The molecule has 1 fully saturated rings. The molecule has 0 bridgehead atoms. The summed E-state index contributed by atoms with van der Waals surface area (Å²) in [5.74, 6) is -0.720. The van der Waals surface area contributed by atoms with Crippen LogP contribution in [0, 0.1) is 7.43 Å². The van der Waals surface area contributed by atoms with Crippen LogP contribution in [0.3, 0.4) is 0 Å². The summed E-state index contributed by atoms with van der Waals surface area (Å²) in [6.45, 7) is 0.858. The fourth-order valence-electron chi connectivity index (χ4n) is 0.895. The third-order valence-corrected chi connectivity index (χ3v) is 1.36. The Morgan fingerprint density at radius 2 is 2.20 bits per heavy atom. The largest absolute Gasteiger partial charge is 0.480 e. The van der Waals surface area contributed by atoms with Gasteiger partial charge in [-0.3, -0.25) is 4.79 Å². The van der Waals surface area contributed by atoms with Crippen molar-refractivity contribution >= 4 is 5.97 Å². The van der Waals surface area contributed by atoms with Crippen molar-refractivity contribution < 1.29 is 30.3 Å². The maximum absolute atomic E-state index is 10.1. The van der Waals surface area contributed by atoms with E-state index >= 15 is 0 Å². The first-order chi connectivity index (χ1) is 3.80. The van der Waals surface area contributed by atoms with Crippen molar-refractivity contribution in [1.82, 2.24) is 5.32 Å². The van der Waals surface area contributed by atoms with E-state index in [-0.39, 0.29) is 33.9 Å². The van der Waals surface area contributed by atoms with Crippen LogP contribution in [0.5, 0.6) is 0 Å². The molecule has 1 heterocycles. The van der Waals surface area contributed by atoms with Crippen molar-refractivity contribution in [2.24, 2.45) is 0 Å². The number of carbonyl (C=O) groups is 1. The number of hydrogen-bond acceptors (Lipinski definition) is 2. The summed E-state index contributed by atoms with van der Waals surface area (Å²) in [6, 6.07) is -0.269. The third-order valence-electron chi connectivity index (χ3n) is 1.36. The first kappa shape index (κ1) is 12.7. The molecule has 0 spiro atoms. The van der Waals surface area contributed by atoms with Gasteiger partial charge in [0.15, 0.2) is 0 Å². The Bertz CT molecular complexity index is 102. The SMILES string of the molecule is O=C(O)[C@@H]1CCCN1.[C].[Pd]. The number of nitrogens with one attached hydrogen (secondary N) is 1. The van der Waals surface area contributed by atoms with Crippen LogP contribution in [0.1, 0.15) is 12.8 Å². The van der Waals surface area contributed by atoms with E-state index < -0.39 is 5.97 Å². The van der Waals surface area contributed by atoms with Crippen LogP contribution in [-0.2, 0) is 25.2 Å². The third kappa shape index (κ3) is 3.31. The molecule has 0 unspecified atom stereocenters. The Hall–Kier alpha value is 0.0923. The van der Waals surface area contributed by atoms with E-state index in [1.165, 1.54) is 0 Å². The van der Waals surface area contributed by atoms with Gasteiger partial charge in [-0.25, -0.2) is 0 Å². The summed E-state index contributed by atoms with van der Waals surface area (Å²) < 4.78 is 0. The molecular weight excluding hydrogens is 224 g/mol. The number of carboxylic acids is 1. The maximum Gasteiger partial charge on any atom is 0.320 e. The minimum atomic E-state index is -0.720. The average molecular weight is 234 g/mol. The first-order valence-electron chi connectivity index (χ1n) is 2.77. The molecule has 1 aliphatic heterocycles. The van der Waals surface area contributed by atoms with Crippen molar-refractivity contribution in [3.8, 4) is 0 Å². The average Bonchev–Trinajstić information content (AvgIpc) is 2.12. The number of hydrogen-bond donors (Lipinski definition) is 2. The van der Waals surface area contributed by atoms with Crippen molar-refractivity contribution in [2.75, 3.05) is 6.54 Å². The molecule has 0 aromatic carbocycles. The molecule has 1 aliphatic rings. The molecule has 1 rings (SSSR count). The van der Waals surface area contributed by atoms with Gasteiger partial charge in [0.05, 0.1) is 0 Å². The Balaban J connectivity index is 0. The van der Waals surface area contributed by atoms with Gasteiger partial charge in [0.2, 0.25) is 0 Å². The van der Waals surface area contributed by atoms with Crippen molar-refractivity contribution in [3.63, 3.8) is 0 Å². The zero-order valence-corrected chi connectivity index (χ0v) is 6.92. The number of aliphatic carboxylic acids is 1.